The third-order valence-corrected chi connectivity index (χ3v) is 4.91. The number of anilines is 1. The lowest BCUT2D eigenvalue weighted by Crippen LogP contribution is -2.18. The molecule has 0 radical (unpaired) electrons. The Morgan fingerprint density at radius 1 is 1.45 bits per heavy atom. The normalized spacial score (nSPS) is 10.8. The van der Waals surface area contributed by atoms with E-state index in [2.05, 4.69) is 49.5 Å². The molecule has 0 atom stereocenters. The van der Waals surface area contributed by atoms with Crippen molar-refractivity contribution >= 4 is 44.7 Å². The summed E-state index contributed by atoms with van der Waals surface area (Å²) in [7, 11) is 2.04. The molecule has 0 aromatic carbocycles. The summed E-state index contributed by atoms with van der Waals surface area (Å²) in [5, 5.41) is 6.09. The van der Waals surface area contributed by atoms with Crippen molar-refractivity contribution in [1.82, 2.24) is 10.3 Å². The molecule has 0 aliphatic carbocycles. The van der Waals surface area contributed by atoms with Crippen molar-refractivity contribution in [3.8, 4) is 0 Å². The van der Waals surface area contributed by atoms with E-state index in [1.54, 1.807) is 17.5 Å². The van der Waals surface area contributed by atoms with Crippen molar-refractivity contribution < 1.29 is 0 Å². The molecular weight excluding hydrogens is 358 g/mol. The number of nitrogens with one attached hydrogen (secondary N) is 1. The molecule has 0 spiro atoms. The lowest BCUT2D eigenvalue weighted by atomic mass is 10.2. The van der Waals surface area contributed by atoms with Gasteiger partial charge in [0.25, 0.3) is 0 Å². The highest BCUT2D eigenvalue weighted by Gasteiger charge is 2.09. The van der Waals surface area contributed by atoms with Crippen molar-refractivity contribution in [3.05, 3.63) is 43.6 Å². The fourth-order valence-corrected chi connectivity index (χ4v) is 3.50. The molecule has 3 nitrogen and oxygen atoms in total. The van der Waals surface area contributed by atoms with Gasteiger partial charge in [0, 0.05) is 34.5 Å². The van der Waals surface area contributed by atoms with Crippen LogP contribution < -0.4 is 10.2 Å². The number of aromatic nitrogens is 1. The van der Waals surface area contributed by atoms with Crippen LogP contribution in [0.25, 0.3) is 0 Å². The van der Waals surface area contributed by atoms with E-state index < -0.39 is 0 Å². The minimum atomic E-state index is 0.710. The first-order valence-corrected chi connectivity index (χ1v) is 8.44. The zero-order valence-electron chi connectivity index (χ0n) is 11.5. The molecule has 0 fully saturated rings. The molecule has 1 N–H and O–H groups in total. The Morgan fingerprint density at radius 2 is 2.25 bits per heavy atom. The second-order valence-corrected chi connectivity index (χ2v) is 6.82. The van der Waals surface area contributed by atoms with E-state index in [-0.39, 0.29) is 0 Å². The van der Waals surface area contributed by atoms with E-state index in [0.717, 1.165) is 35.5 Å². The molecule has 20 heavy (non-hydrogen) atoms. The number of pyridine rings is 1. The maximum absolute atomic E-state index is 6.18. The average Bonchev–Trinajstić information content (AvgIpc) is 2.83. The Morgan fingerprint density at radius 3 is 2.90 bits per heavy atom. The average molecular weight is 375 g/mol. The third-order valence-electron chi connectivity index (χ3n) is 2.89. The Balaban J connectivity index is 2.10. The lowest BCUT2D eigenvalue weighted by molar-refractivity contribution is 0.725. The number of thiophene rings is 1. The van der Waals surface area contributed by atoms with Crippen LogP contribution in [0, 0.1) is 0 Å². The van der Waals surface area contributed by atoms with Gasteiger partial charge in [-0.3, -0.25) is 0 Å². The van der Waals surface area contributed by atoms with Gasteiger partial charge in [0.15, 0.2) is 0 Å². The van der Waals surface area contributed by atoms with Crippen molar-refractivity contribution in [1.29, 1.82) is 0 Å². The van der Waals surface area contributed by atoms with Crippen molar-refractivity contribution in [2.75, 3.05) is 18.5 Å². The quantitative estimate of drug-likeness (QED) is 0.817. The summed E-state index contributed by atoms with van der Waals surface area (Å²) in [5.41, 5.74) is 1.08. The Labute approximate surface area is 137 Å². The second-order valence-electron chi connectivity index (χ2n) is 4.50. The number of hydrogen-bond acceptors (Lipinski definition) is 4. The first kappa shape index (κ1) is 15.8. The molecule has 0 saturated heterocycles. The van der Waals surface area contributed by atoms with Gasteiger partial charge in [-0.1, -0.05) is 18.5 Å². The molecule has 2 aromatic heterocycles. The molecule has 0 aliphatic heterocycles. The zero-order valence-corrected chi connectivity index (χ0v) is 14.6. The minimum Gasteiger partial charge on any atom is -0.355 e. The van der Waals surface area contributed by atoms with Crippen LogP contribution in [0.4, 0.5) is 5.82 Å². The van der Waals surface area contributed by atoms with Gasteiger partial charge in [0.2, 0.25) is 0 Å². The molecule has 2 aromatic rings. The maximum Gasteiger partial charge on any atom is 0.128 e. The van der Waals surface area contributed by atoms with Crippen molar-refractivity contribution in [2.45, 2.75) is 20.0 Å². The van der Waals surface area contributed by atoms with E-state index in [1.807, 2.05) is 13.1 Å². The molecule has 0 amide bonds. The topological polar surface area (TPSA) is 28.2 Å². The summed E-state index contributed by atoms with van der Waals surface area (Å²) in [4.78, 5) is 7.83. The SMILES string of the molecule is CCNCc1cc(N(C)Cc2cc(Br)cs2)ncc1Cl. The number of nitrogens with zero attached hydrogens (tertiary/aromatic N) is 2. The highest BCUT2D eigenvalue weighted by atomic mass is 79.9. The molecule has 0 saturated carbocycles. The zero-order chi connectivity index (χ0) is 14.5. The van der Waals surface area contributed by atoms with E-state index in [0.29, 0.717) is 5.02 Å². The van der Waals surface area contributed by atoms with Crippen LogP contribution in [-0.2, 0) is 13.1 Å². The van der Waals surface area contributed by atoms with Gasteiger partial charge < -0.3 is 10.2 Å². The van der Waals surface area contributed by atoms with Crippen LogP contribution in [0.3, 0.4) is 0 Å². The number of rotatable bonds is 6. The van der Waals surface area contributed by atoms with Crippen LogP contribution in [-0.4, -0.2) is 18.6 Å². The molecule has 0 unspecified atom stereocenters. The predicted molar refractivity (Wildman–Crippen MR) is 90.8 cm³/mol. The molecular formula is C14H17BrClN3S. The Bertz CT molecular complexity index is 573. The standard InChI is InChI=1S/C14H17BrClN3S/c1-3-17-6-10-4-14(18-7-13(10)16)19(2)8-12-5-11(15)9-20-12/h4-5,7,9,17H,3,6,8H2,1-2H3. The fraction of sp³-hybridized carbons (Fsp3) is 0.357. The van der Waals surface area contributed by atoms with Gasteiger partial charge in [0.1, 0.15) is 5.82 Å². The van der Waals surface area contributed by atoms with Crippen LogP contribution in [0.15, 0.2) is 28.2 Å². The van der Waals surface area contributed by atoms with Crippen molar-refractivity contribution in [3.63, 3.8) is 0 Å². The highest BCUT2D eigenvalue weighted by Crippen LogP contribution is 2.24. The van der Waals surface area contributed by atoms with Gasteiger partial charge in [-0.05, 0) is 40.2 Å². The molecule has 108 valence electrons. The smallest absolute Gasteiger partial charge is 0.128 e. The van der Waals surface area contributed by atoms with Gasteiger partial charge in [-0.15, -0.1) is 11.3 Å². The van der Waals surface area contributed by atoms with Gasteiger partial charge in [0.05, 0.1) is 11.6 Å². The largest absolute Gasteiger partial charge is 0.355 e. The summed E-state index contributed by atoms with van der Waals surface area (Å²) in [5.74, 6) is 0.937. The summed E-state index contributed by atoms with van der Waals surface area (Å²) < 4.78 is 1.13. The monoisotopic (exact) mass is 373 g/mol. The van der Waals surface area contributed by atoms with Crippen LogP contribution in [0.1, 0.15) is 17.4 Å². The van der Waals surface area contributed by atoms with E-state index >= 15 is 0 Å². The molecule has 6 heteroatoms. The molecule has 0 bridgehead atoms. The van der Waals surface area contributed by atoms with E-state index in [9.17, 15) is 0 Å². The second kappa shape index (κ2) is 7.41. The van der Waals surface area contributed by atoms with Crippen LogP contribution in [0.2, 0.25) is 5.02 Å². The lowest BCUT2D eigenvalue weighted by Gasteiger charge is -2.18. The first-order chi connectivity index (χ1) is 9.60. The van der Waals surface area contributed by atoms with Crippen molar-refractivity contribution in [2.24, 2.45) is 0 Å². The van der Waals surface area contributed by atoms with Gasteiger partial charge in [-0.2, -0.15) is 0 Å². The third kappa shape index (κ3) is 4.19. The maximum atomic E-state index is 6.18. The van der Waals surface area contributed by atoms with Crippen LogP contribution >= 0.6 is 38.9 Å². The summed E-state index contributed by atoms with van der Waals surface area (Å²) >= 11 is 11.4. The summed E-state index contributed by atoms with van der Waals surface area (Å²) in [6.07, 6.45) is 1.73. The number of halogens is 2. The van der Waals surface area contributed by atoms with E-state index in [1.165, 1.54) is 4.88 Å². The Hall–Kier alpha value is -0.620. The first-order valence-electron chi connectivity index (χ1n) is 6.39. The fourth-order valence-electron chi connectivity index (χ4n) is 1.82. The van der Waals surface area contributed by atoms with Crippen LogP contribution in [0.5, 0.6) is 0 Å². The predicted octanol–water partition coefficient (Wildman–Crippen LogP) is 4.30. The highest BCUT2D eigenvalue weighted by molar-refractivity contribution is 9.10. The summed E-state index contributed by atoms with van der Waals surface area (Å²) in [6, 6.07) is 4.18. The minimum absolute atomic E-state index is 0.710. The number of hydrogen-bond donors (Lipinski definition) is 1. The van der Waals surface area contributed by atoms with Gasteiger partial charge >= 0.3 is 0 Å². The molecule has 2 rings (SSSR count). The molecule has 0 aliphatic rings. The summed E-state index contributed by atoms with van der Waals surface area (Å²) in [6.45, 7) is 4.61. The Kier molecular flexibility index (Phi) is 5.84. The van der Waals surface area contributed by atoms with E-state index in [4.69, 9.17) is 11.6 Å². The molecule has 2 heterocycles. The van der Waals surface area contributed by atoms with Gasteiger partial charge in [-0.25, -0.2) is 4.98 Å².